The number of nitrogens with zero attached hydrogens (tertiary/aromatic N) is 4. The fourth-order valence-electron chi connectivity index (χ4n) is 1.91. The van der Waals surface area contributed by atoms with Crippen molar-refractivity contribution in [3.63, 3.8) is 0 Å². The monoisotopic (exact) mass is 288 g/mol. The van der Waals surface area contributed by atoms with Crippen molar-refractivity contribution in [1.29, 1.82) is 0 Å². The van der Waals surface area contributed by atoms with E-state index in [1.165, 1.54) is 14.1 Å². The highest BCUT2D eigenvalue weighted by molar-refractivity contribution is 5.76. The van der Waals surface area contributed by atoms with Gasteiger partial charge in [-0.2, -0.15) is 13.2 Å². The summed E-state index contributed by atoms with van der Waals surface area (Å²) in [5, 5.41) is -0.0647. The molecule has 0 saturated heterocycles. The smallest absolute Gasteiger partial charge is 0.280 e. The van der Waals surface area contributed by atoms with Crippen LogP contribution in [0.25, 0.3) is 11.0 Å². The molecule has 0 N–H and O–H groups in total. The third kappa shape index (κ3) is 1.98. The van der Waals surface area contributed by atoms with Crippen molar-refractivity contribution in [3.8, 4) is 0 Å². The van der Waals surface area contributed by atoms with E-state index in [9.17, 15) is 22.8 Å². The molecule has 0 radical (unpaired) electrons. The van der Waals surface area contributed by atoms with Crippen molar-refractivity contribution >= 4 is 11.0 Å². The number of hydrogen-bond acceptors (Lipinski definition) is 4. The highest BCUT2D eigenvalue weighted by atomic mass is 19.4. The lowest BCUT2D eigenvalue weighted by Crippen LogP contribution is -2.38. The summed E-state index contributed by atoms with van der Waals surface area (Å²) in [6.45, 7) is 1.58. The molecule has 0 atom stereocenters. The Bertz CT molecular complexity index is 804. The van der Waals surface area contributed by atoms with E-state index in [-0.39, 0.29) is 23.1 Å². The molecule has 0 aliphatic heterocycles. The maximum atomic E-state index is 12.7. The van der Waals surface area contributed by atoms with Gasteiger partial charge in [0.25, 0.3) is 5.56 Å². The third-order valence-corrected chi connectivity index (χ3v) is 2.96. The van der Waals surface area contributed by atoms with Crippen LogP contribution in [0.3, 0.4) is 0 Å². The normalized spacial score (nSPS) is 12.1. The van der Waals surface area contributed by atoms with Crippen molar-refractivity contribution in [2.24, 2.45) is 14.1 Å². The van der Waals surface area contributed by atoms with Crippen LogP contribution in [0.15, 0.2) is 9.59 Å². The van der Waals surface area contributed by atoms with E-state index < -0.39 is 23.2 Å². The first-order valence-electron chi connectivity index (χ1n) is 5.72. The van der Waals surface area contributed by atoms with Crippen LogP contribution in [-0.2, 0) is 26.7 Å². The lowest BCUT2D eigenvalue weighted by molar-refractivity contribution is -0.144. The van der Waals surface area contributed by atoms with Crippen LogP contribution in [0, 0.1) is 0 Å². The first-order chi connectivity index (χ1) is 9.18. The summed E-state index contributed by atoms with van der Waals surface area (Å²) in [5.74, 6) is -1.36. The number of fused-ring (bicyclic) bond motifs is 1. The maximum absolute atomic E-state index is 12.7. The summed E-state index contributed by atoms with van der Waals surface area (Å²) < 4.78 is 40.0. The van der Waals surface area contributed by atoms with Crippen molar-refractivity contribution in [2.45, 2.75) is 19.5 Å². The summed E-state index contributed by atoms with van der Waals surface area (Å²) >= 11 is 0. The second-order valence-corrected chi connectivity index (χ2v) is 4.25. The predicted molar refractivity (Wildman–Crippen MR) is 64.4 cm³/mol. The van der Waals surface area contributed by atoms with E-state index in [1.54, 1.807) is 6.92 Å². The summed E-state index contributed by atoms with van der Waals surface area (Å²) in [6.07, 6.45) is -4.62. The molecule has 20 heavy (non-hydrogen) atoms. The minimum absolute atomic E-state index is 0.0291. The van der Waals surface area contributed by atoms with Crippen LogP contribution in [-0.4, -0.2) is 19.1 Å². The van der Waals surface area contributed by atoms with Crippen molar-refractivity contribution in [2.75, 3.05) is 0 Å². The Kier molecular flexibility index (Phi) is 3.15. The van der Waals surface area contributed by atoms with Gasteiger partial charge in [0.15, 0.2) is 5.65 Å². The lowest BCUT2D eigenvalue weighted by atomic mass is 10.2. The molecule has 0 bridgehead atoms. The van der Waals surface area contributed by atoms with Gasteiger partial charge in [-0.3, -0.25) is 13.9 Å². The number of alkyl halides is 3. The second kappa shape index (κ2) is 4.43. The van der Waals surface area contributed by atoms with Crippen LogP contribution < -0.4 is 11.2 Å². The molecular weight excluding hydrogens is 277 g/mol. The molecule has 0 saturated carbocycles. The first kappa shape index (κ1) is 14.2. The van der Waals surface area contributed by atoms with E-state index in [0.29, 0.717) is 0 Å². The number of hydrogen-bond donors (Lipinski definition) is 0. The quantitative estimate of drug-likeness (QED) is 0.771. The molecule has 0 aliphatic rings. The molecule has 2 rings (SSSR count). The van der Waals surface area contributed by atoms with E-state index >= 15 is 0 Å². The SMILES string of the molecule is CCc1nc(C(F)(F)F)nc2c1c(=O)n(C)c(=O)n2C. The average Bonchev–Trinajstić information content (AvgIpc) is 2.40. The van der Waals surface area contributed by atoms with Gasteiger partial charge in [0.1, 0.15) is 5.39 Å². The number of rotatable bonds is 1. The zero-order valence-corrected chi connectivity index (χ0v) is 10.9. The molecule has 0 aliphatic carbocycles. The van der Waals surface area contributed by atoms with Crippen LogP contribution in [0.4, 0.5) is 13.2 Å². The van der Waals surface area contributed by atoms with Crippen molar-refractivity contribution in [1.82, 2.24) is 19.1 Å². The second-order valence-electron chi connectivity index (χ2n) is 4.25. The van der Waals surface area contributed by atoms with Crippen LogP contribution in [0.2, 0.25) is 0 Å². The average molecular weight is 288 g/mol. The van der Waals surface area contributed by atoms with Gasteiger partial charge in [0, 0.05) is 14.1 Å². The summed E-state index contributed by atoms with van der Waals surface area (Å²) in [6, 6.07) is 0. The summed E-state index contributed by atoms with van der Waals surface area (Å²) in [4.78, 5) is 30.5. The van der Waals surface area contributed by atoms with Gasteiger partial charge in [-0.15, -0.1) is 0 Å². The van der Waals surface area contributed by atoms with Gasteiger partial charge in [0.05, 0.1) is 5.69 Å². The van der Waals surface area contributed by atoms with E-state index in [1.807, 2.05) is 0 Å². The molecule has 0 amide bonds. The highest BCUT2D eigenvalue weighted by Gasteiger charge is 2.36. The Balaban J connectivity index is 3.08. The number of aromatic nitrogens is 4. The predicted octanol–water partition coefficient (Wildman–Crippen LogP) is 0.608. The zero-order chi connectivity index (χ0) is 15.2. The van der Waals surface area contributed by atoms with Crippen LogP contribution in [0.5, 0.6) is 0 Å². The van der Waals surface area contributed by atoms with Crippen molar-refractivity contribution in [3.05, 3.63) is 32.4 Å². The summed E-state index contributed by atoms with van der Waals surface area (Å²) in [5.41, 5.74) is -1.78. The van der Waals surface area contributed by atoms with E-state index in [0.717, 1.165) is 9.13 Å². The Labute approximate surface area is 110 Å². The van der Waals surface area contributed by atoms with E-state index in [2.05, 4.69) is 9.97 Å². The van der Waals surface area contributed by atoms with Gasteiger partial charge < -0.3 is 0 Å². The molecule has 2 heterocycles. The van der Waals surface area contributed by atoms with Gasteiger partial charge in [-0.05, 0) is 6.42 Å². The van der Waals surface area contributed by atoms with Gasteiger partial charge in [-0.1, -0.05) is 6.92 Å². The van der Waals surface area contributed by atoms with Gasteiger partial charge in [0.2, 0.25) is 5.82 Å². The molecule has 0 unspecified atom stereocenters. The molecule has 0 fully saturated rings. The fourth-order valence-corrected chi connectivity index (χ4v) is 1.91. The van der Waals surface area contributed by atoms with E-state index in [4.69, 9.17) is 0 Å². The Morgan fingerprint density at radius 1 is 1.10 bits per heavy atom. The molecule has 2 aromatic rings. The molecule has 2 aromatic heterocycles. The van der Waals surface area contributed by atoms with Gasteiger partial charge in [-0.25, -0.2) is 14.8 Å². The fraction of sp³-hybridized carbons (Fsp3) is 0.455. The molecular formula is C11H11F3N4O2. The topological polar surface area (TPSA) is 69.8 Å². The molecule has 9 heteroatoms. The van der Waals surface area contributed by atoms with Crippen molar-refractivity contribution < 1.29 is 13.2 Å². The lowest BCUT2D eigenvalue weighted by Gasteiger charge is -2.12. The minimum atomic E-state index is -4.74. The van der Waals surface area contributed by atoms with Crippen LogP contribution in [0.1, 0.15) is 18.4 Å². The standard InChI is InChI=1S/C11H11F3N4O2/c1-4-5-6-7(16-9(15-5)11(12,13)14)17(2)10(20)18(3)8(6)19/h4H2,1-3H3. The molecule has 0 aromatic carbocycles. The maximum Gasteiger partial charge on any atom is 0.451 e. The Morgan fingerprint density at radius 3 is 2.20 bits per heavy atom. The number of halogens is 3. The first-order valence-corrected chi connectivity index (χ1v) is 5.72. The molecule has 0 spiro atoms. The summed E-state index contributed by atoms with van der Waals surface area (Å²) in [7, 11) is 2.51. The third-order valence-electron chi connectivity index (χ3n) is 2.96. The minimum Gasteiger partial charge on any atom is -0.280 e. The molecule has 6 nitrogen and oxygen atoms in total. The van der Waals surface area contributed by atoms with Crippen LogP contribution >= 0.6 is 0 Å². The largest absolute Gasteiger partial charge is 0.451 e. The Morgan fingerprint density at radius 2 is 1.70 bits per heavy atom. The Hall–Kier alpha value is -2.19. The molecule has 108 valence electrons. The zero-order valence-electron chi connectivity index (χ0n) is 10.9. The van der Waals surface area contributed by atoms with Gasteiger partial charge >= 0.3 is 11.9 Å². The highest BCUT2D eigenvalue weighted by Crippen LogP contribution is 2.27. The number of aryl methyl sites for hydroxylation is 2.